The van der Waals surface area contributed by atoms with Crippen LogP contribution >= 0.6 is 23.4 Å². The number of rotatable bonds is 5. The van der Waals surface area contributed by atoms with E-state index in [0.29, 0.717) is 5.75 Å². The van der Waals surface area contributed by atoms with E-state index in [1.54, 1.807) is 11.8 Å². The number of halogens is 1. The van der Waals surface area contributed by atoms with E-state index in [2.05, 4.69) is 12.2 Å². The van der Waals surface area contributed by atoms with Crippen LogP contribution in [0.3, 0.4) is 0 Å². The molecule has 4 heteroatoms. The largest absolute Gasteiger partial charge is 0.325 e. The van der Waals surface area contributed by atoms with Crippen molar-refractivity contribution < 1.29 is 4.79 Å². The van der Waals surface area contributed by atoms with Crippen molar-refractivity contribution in [1.29, 1.82) is 0 Å². The molecule has 0 saturated heterocycles. The summed E-state index contributed by atoms with van der Waals surface area (Å²) >= 11 is 7.43. The molecule has 0 aliphatic carbocycles. The fourth-order valence-corrected chi connectivity index (χ4v) is 2.77. The van der Waals surface area contributed by atoms with Crippen molar-refractivity contribution >= 4 is 35.0 Å². The molecule has 0 spiro atoms. The number of hydrogen-bond acceptors (Lipinski definition) is 2. The Morgan fingerprint density at radius 2 is 1.81 bits per heavy atom. The molecule has 0 atom stereocenters. The number of benzene rings is 2. The van der Waals surface area contributed by atoms with Gasteiger partial charge in [-0.3, -0.25) is 4.79 Å². The molecular weight excluding hydrogens is 302 g/mol. The molecule has 2 rings (SSSR count). The number of nitrogens with one attached hydrogen (secondary N) is 1. The lowest BCUT2D eigenvalue weighted by atomic mass is 10.1. The first kappa shape index (κ1) is 15.9. The van der Waals surface area contributed by atoms with Crippen LogP contribution in [0.1, 0.15) is 16.7 Å². The molecule has 0 aromatic heterocycles. The Balaban J connectivity index is 1.79. The summed E-state index contributed by atoms with van der Waals surface area (Å²) in [7, 11) is 0. The highest BCUT2D eigenvalue weighted by atomic mass is 35.5. The van der Waals surface area contributed by atoms with Crippen LogP contribution in [0.5, 0.6) is 0 Å². The number of carbonyl (C=O) groups is 1. The summed E-state index contributed by atoms with van der Waals surface area (Å²) in [6.07, 6.45) is 0. The summed E-state index contributed by atoms with van der Waals surface area (Å²) in [6, 6.07) is 13.7. The molecule has 0 heterocycles. The van der Waals surface area contributed by atoms with Gasteiger partial charge in [0.1, 0.15) is 0 Å². The van der Waals surface area contributed by atoms with Gasteiger partial charge in [0.05, 0.1) is 5.75 Å². The molecule has 0 saturated carbocycles. The summed E-state index contributed by atoms with van der Waals surface area (Å²) in [4.78, 5) is 11.9. The molecule has 0 aliphatic rings. The van der Waals surface area contributed by atoms with Gasteiger partial charge in [-0.1, -0.05) is 29.8 Å². The van der Waals surface area contributed by atoms with Crippen LogP contribution in [0.2, 0.25) is 5.02 Å². The Morgan fingerprint density at radius 3 is 2.48 bits per heavy atom. The van der Waals surface area contributed by atoms with Crippen molar-refractivity contribution in [1.82, 2.24) is 0 Å². The van der Waals surface area contributed by atoms with Gasteiger partial charge in [0.25, 0.3) is 0 Å². The van der Waals surface area contributed by atoms with Crippen molar-refractivity contribution in [3.8, 4) is 0 Å². The average molecular weight is 320 g/mol. The summed E-state index contributed by atoms with van der Waals surface area (Å²) in [5.74, 6) is 1.27. The first-order chi connectivity index (χ1) is 10.0. The summed E-state index contributed by atoms with van der Waals surface area (Å²) < 4.78 is 0. The van der Waals surface area contributed by atoms with Crippen LogP contribution in [0.25, 0.3) is 0 Å². The van der Waals surface area contributed by atoms with Crippen molar-refractivity contribution in [2.75, 3.05) is 11.1 Å². The molecule has 2 aromatic rings. The van der Waals surface area contributed by atoms with E-state index in [1.807, 2.05) is 49.4 Å². The van der Waals surface area contributed by atoms with Gasteiger partial charge in [-0.15, -0.1) is 11.8 Å². The van der Waals surface area contributed by atoms with Crippen molar-refractivity contribution in [3.63, 3.8) is 0 Å². The van der Waals surface area contributed by atoms with Gasteiger partial charge < -0.3 is 5.32 Å². The van der Waals surface area contributed by atoms with E-state index < -0.39 is 0 Å². The molecular formula is C17H18ClNOS. The third-order valence-corrected chi connectivity index (χ3v) is 4.46. The second-order valence-corrected chi connectivity index (χ2v) is 6.39. The first-order valence-electron chi connectivity index (χ1n) is 6.74. The summed E-state index contributed by atoms with van der Waals surface area (Å²) in [6.45, 7) is 4.10. The third-order valence-electron chi connectivity index (χ3n) is 3.21. The number of aryl methyl sites for hydroxylation is 2. The average Bonchev–Trinajstić information content (AvgIpc) is 2.45. The molecule has 0 unspecified atom stereocenters. The maximum Gasteiger partial charge on any atom is 0.234 e. The number of amides is 1. The second kappa shape index (κ2) is 7.53. The minimum atomic E-state index is 0.0252. The van der Waals surface area contributed by atoms with Crippen LogP contribution in [0.4, 0.5) is 5.69 Å². The Labute approximate surface area is 134 Å². The van der Waals surface area contributed by atoms with E-state index >= 15 is 0 Å². The highest BCUT2D eigenvalue weighted by Crippen LogP contribution is 2.17. The lowest BCUT2D eigenvalue weighted by Gasteiger charge is -2.07. The van der Waals surface area contributed by atoms with E-state index in [0.717, 1.165) is 16.5 Å². The maximum atomic E-state index is 11.9. The summed E-state index contributed by atoms with van der Waals surface area (Å²) in [5.41, 5.74) is 4.44. The smallest absolute Gasteiger partial charge is 0.234 e. The predicted octanol–water partition coefficient (Wildman–Crippen LogP) is 4.83. The molecule has 1 N–H and O–H groups in total. The standard InChI is InChI=1S/C17H18ClNOS/c1-12-3-8-16(9-13(12)2)19-17(20)11-21-10-14-4-6-15(18)7-5-14/h3-9H,10-11H2,1-2H3,(H,19,20). The van der Waals surface area contributed by atoms with Crippen molar-refractivity contribution in [2.24, 2.45) is 0 Å². The minimum absolute atomic E-state index is 0.0252. The Morgan fingerprint density at radius 1 is 1.10 bits per heavy atom. The summed E-state index contributed by atoms with van der Waals surface area (Å²) in [5, 5.41) is 3.66. The number of thioether (sulfide) groups is 1. The molecule has 0 aliphatic heterocycles. The zero-order valence-electron chi connectivity index (χ0n) is 12.2. The predicted molar refractivity (Wildman–Crippen MR) is 92.2 cm³/mol. The van der Waals surface area contributed by atoms with Gasteiger partial charge >= 0.3 is 0 Å². The van der Waals surface area contributed by atoms with Gasteiger partial charge in [0.15, 0.2) is 0 Å². The molecule has 0 bridgehead atoms. The monoisotopic (exact) mass is 319 g/mol. The van der Waals surface area contributed by atoms with Gasteiger partial charge in [0.2, 0.25) is 5.91 Å². The van der Waals surface area contributed by atoms with Gasteiger partial charge in [-0.05, 0) is 54.8 Å². The molecule has 0 fully saturated rings. The fourth-order valence-electron chi connectivity index (χ4n) is 1.86. The second-order valence-electron chi connectivity index (χ2n) is 4.97. The lowest BCUT2D eigenvalue weighted by molar-refractivity contribution is -0.113. The van der Waals surface area contributed by atoms with Gasteiger partial charge in [0, 0.05) is 16.5 Å². The van der Waals surface area contributed by atoms with Crippen LogP contribution in [0, 0.1) is 13.8 Å². The van der Waals surface area contributed by atoms with Crippen LogP contribution in [-0.4, -0.2) is 11.7 Å². The normalized spacial score (nSPS) is 10.4. The topological polar surface area (TPSA) is 29.1 Å². The van der Waals surface area contributed by atoms with Crippen LogP contribution < -0.4 is 5.32 Å². The van der Waals surface area contributed by atoms with E-state index in [9.17, 15) is 4.79 Å². The molecule has 21 heavy (non-hydrogen) atoms. The SMILES string of the molecule is Cc1ccc(NC(=O)CSCc2ccc(Cl)cc2)cc1C. The molecule has 1 amide bonds. The maximum absolute atomic E-state index is 11.9. The van der Waals surface area contributed by atoms with Crippen molar-refractivity contribution in [2.45, 2.75) is 19.6 Å². The zero-order valence-corrected chi connectivity index (χ0v) is 13.7. The molecule has 110 valence electrons. The number of hydrogen-bond donors (Lipinski definition) is 1. The minimum Gasteiger partial charge on any atom is -0.325 e. The van der Waals surface area contributed by atoms with E-state index in [4.69, 9.17) is 11.6 Å². The van der Waals surface area contributed by atoms with Gasteiger partial charge in [-0.2, -0.15) is 0 Å². The lowest BCUT2D eigenvalue weighted by Crippen LogP contribution is -2.14. The molecule has 0 radical (unpaired) electrons. The first-order valence-corrected chi connectivity index (χ1v) is 8.27. The highest BCUT2D eigenvalue weighted by Gasteiger charge is 2.04. The molecule has 2 nitrogen and oxygen atoms in total. The van der Waals surface area contributed by atoms with Crippen LogP contribution in [0.15, 0.2) is 42.5 Å². The molecule has 2 aromatic carbocycles. The fraction of sp³-hybridized carbons (Fsp3) is 0.235. The van der Waals surface area contributed by atoms with E-state index in [-0.39, 0.29) is 5.91 Å². The Bertz CT molecular complexity index is 625. The zero-order chi connectivity index (χ0) is 15.2. The number of anilines is 1. The Hall–Kier alpha value is -1.45. The van der Waals surface area contributed by atoms with Gasteiger partial charge in [-0.25, -0.2) is 0 Å². The van der Waals surface area contributed by atoms with E-state index in [1.165, 1.54) is 16.7 Å². The highest BCUT2D eigenvalue weighted by molar-refractivity contribution is 7.99. The van der Waals surface area contributed by atoms with Crippen LogP contribution in [-0.2, 0) is 10.5 Å². The Kier molecular flexibility index (Phi) is 5.71. The number of carbonyl (C=O) groups excluding carboxylic acids is 1. The van der Waals surface area contributed by atoms with Crippen molar-refractivity contribution in [3.05, 3.63) is 64.2 Å². The quantitative estimate of drug-likeness (QED) is 0.855. The third kappa shape index (κ3) is 5.10.